The molecule has 0 saturated heterocycles. The van der Waals surface area contributed by atoms with Crippen molar-refractivity contribution < 1.29 is 19.0 Å². The third-order valence-corrected chi connectivity index (χ3v) is 3.49. The molecule has 0 amide bonds. The van der Waals surface area contributed by atoms with Gasteiger partial charge in [-0.05, 0) is 29.8 Å². The molecule has 4 nitrogen and oxygen atoms in total. The van der Waals surface area contributed by atoms with Crippen LogP contribution in [0.15, 0.2) is 66.9 Å². The van der Waals surface area contributed by atoms with E-state index >= 15 is 0 Å². The van der Waals surface area contributed by atoms with Crippen molar-refractivity contribution in [3.05, 3.63) is 83.8 Å². The molecule has 1 aromatic heterocycles. The Bertz CT molecular complexity index is 848. The first-order valence-electron chi connectivity index (χ1n) is 7.29. The van der Waals surface area contributed by atoms with E-state index in [1.165, 1.54) is 18.3 Å². The number of carbonyl (C=O) groups is 1. The van der Waals surface area contributed by atoms with Crippen LogP contribution in [0, 0.1) is 5.82 Å². The summed E-state index contributed by atoms with van der Waals surface area (Å²) in [7, 11) is 0. The van der Waals surface area contributed by atoms with Gasteiger partial charge < -0.3 is 9.84 Å². The minimum Gasteiger partial charge on any atom is -0.478 e. The number of aromatic nitrogens is 1. The molecule has 24 heavy (non-hydrogen) atoms. The van der Waals surface area contributed by atoms with Crippen LogP contribution in [0.25, 0.3) is 11.1 Å². The number of hydrogen-bond acceptors (Lipinski definition) is 3. The number of carboxylic acid groups (broad SMARTS) is 1. The normalized spacial score (nSPS) is 10.4. The molecule has 0 aliphatic heterocycles. The lowest BCUT2D eigenvalue weighted by molar-refractivity contribution is 0.0697. The second-order valence-electron chi connectivity index (χ2n) is 5.15. The van der Waals surface area contributed by atoms with Crippen LogP contribution in [0.3, 0.4) is 0 Å². The van der Waals surface area contributed by atoms with Crippen molar-refractivity contribution in [2.24, 2.45) is 0 Å². The molecule has 0 unspecified atom stereocenters. The fourth-order valence-corrected chi connectivity index (χ4v) is 2.30. The van der Waals surface area contributed by atoms with Gasteiger partial charge in [0.25, 0.3) is 0 Å². The van der Waals surface area contributed by atoms with Crippen molar-refractivity contribution in [3.63, 3.8) is 0 Å². The summed E-state index contributed by atoms with van der Waals surface area (Å²) in [5.74, 6) is -1.20. The molecule has 0 aliphatic rings. The Balaban J connectivity index is 1.80. The highest BCUT2D eigenvalue weighted by atomic mass is 19.1. The summed E-state index contributed by atoms with van der Waals surface area (Å²) < 4.78 is 19.0. The molecule has 3 rings (SSSR count). The molecule has 0 aliphatic carbocycles. The van der Waals surface area contributed by atoms with Gasteiger partial charge in [-0.2, -0.15) is 0 Å². The number of hydrogen-bond donors (Lipinski definition) is 1. The third kappa shape index (κ3) is 3.57. The van der Waals surface area contributed by atoms with Crippen molar-refractivity contribution >= 4 is 5.97 Å². The second-order valence-corrected chi connectivity index (χ2v) is 5.15. The van der Waals surface area contributed by atoms with E-state index in [0.29, 0.717) is 18.1 Å². The molecule has 0 radical (unpaired) electrons. The number of rotatable bonds is 5. The lowest BCUT2D eigenvalue weighted by Crippen LogP contribution is -2.01. The number of halogens is 1. The zero-order valence-corrected chi connectivity index (χ0v) is 12.6. The molecule has 2 aromatic carbocycles. The van der Waals surface area contributed by atoms with Gasteiger partial charge >= 0.3 is 5.97 Å². The van der Waals surface area contributed by atoms with Crippen molar-refractivity contribution in [1.82, 2.24) is 4.98 Å². The summed E-state index contributed by atoms with van der Waals surface area (Å²) >= 11 is 0. The molecular formula is C19H14FNO3. The molecule has 5 heteroatoms. The monoisotopic (exact) mass is 323 g/mol. The van der Waals surface area contributed by atoms with E-state index in [2.05, 4.69) is 4.98 Å². The summed E-state index contributed by atoms with van der Waals surface area (Å²) in [6.07, 6.45) is 1.47. The maximum Gasteiger partial charge on any atom is 0.336 e. The number of pyridine rings is 1. The quantitative estimate of drug-likeness (QED) is 0.766. The predicted molar refractivity (Wildman–Crippen MR) is 87.4 cm³/mol. The van der Waals surface area contributed by atoms with Crippen LogP contribution < -0.4 is 4.74 Å². The minimum atomic E-state index is -1.12. The van der Waals surface area contributed by atoms with Gasteiger partial charge in [-0.15, -0.1) is 0 Å². The van der Waals surface area contributed by atoms with Crippen LogP contribution in [0.5, 0.6) is 5.88 Å². The maximum atomic E-state index is 13.4. The number of aromatic carboxylic acids is 1. The van der Waals surface area contributed by atoms with E-state index in [0.717, 1.165) is 11.6 Å². The van der Waals surface area contributed by atoms with Gasteiger partial charge in [0, 0.05) is 23.4 Å². The van der Waals surface area contributed by atoms with Gasteiger partial charge in [0.15, 0.2) is 0 Å². The molecule has 3 aromatic rings. The van der Waals surface area contributed by atoms with Gasteiger partial charge in [0.1, 0.15) is 12.4 Å². The summed E-state index contributed by atoms with van der Waals surface area (Å²) in [5, 5.41) is 9.22. The van der Waals surface area contributed by atoms with Crippen molar-refractivity contribution in [3.8, 4) is 17.0 Å². The van der Waals surface area contributed by atoms with Crippen molar-refractivity contribution in [1.29, 1.82) is 0 Å². The number of benzene rings is 2. The standard InChI is InChI=1S/C19H14FNO3/c20-15-7-8-16(19(22)23)17(10-15)14-6-9-18(21-11-14)24-12-13-4-2-1-3-5-13/h1-11H,12H2,(H,22,23). The fraction of sp³-hybridized carbons (Fsp3) is 0.0526. The summed E-state index contributed by atoms with van der Waals surface area (Å²) in [4.78, 5) is 15.4. The van der Waals surface area contributed by atoms with Gasteiger partial charge in [0.2, 0.25) is 5.88 Å². The van der Waals surface area contributed by atoms with E-state index in [4.69, 9.17) is 4.74 Å². The van der Waals surface area contributed by atoms with Crippen LogP contribution in [-0.4, -0.2) is 16.1 Å². The highest BCUT2D eigenvalue weighted by Gasteiger charge is 2.13. The molecule has 1 heterocycles. The first-order valence-corrected chi connectivity index (χ1v) is 7.29. The highest BCUT2D eigenvalue weighted by molar-refractivity contribution is 5.95. The van der Waals surface area contributed by atoms with Crippen LogP contribution in [0.2, 0.25) is 0 Å². The minimum absolute atomic E-state index is 0.0242. The zero-order valence-electron chi connectivity index (χ0n) is 12.6. The highest BCUT2D eigenvalue weighted by Crippen LogP contribution is 2.25. The van der Waals surface area contributed by atoms with E-state index < -0.39 is 11.8 Å². The number of nitrogens with zero attached hydrogens (tertiary/aromatic N) is 1. The average molecular weight is 323 g/mol. The predicted octanol–water partition coefficient (Wildman–Crippen LogP) is 4.16. The summed E-state index contributed by atoms with van der Waals surface area (Å²) in [5.41, 5.74) is 1.83. The Morgan fingerprint density at radius 2 is 1.88 bits per heavy atom. The maximum absolute atomic E-state index is 13.4. The van der Waals surface area contributed by atoms with Crippen LogP contribution in [0.1, 0.15) is 15.9 Å². The Labute approximate surface area is 138 Å². The third-order valence-electron chi connectivity index (χ3n) is 3.49. The van der Waals surface area contributed by atoms with Crippen LogP contribution >= 0.6 is 0 Å². The van der Waals surface area contributed by atoms with Crippen LogP contribution in [0.4, 0.5) is 4.39 Å². The van der Waals surface area contributed by atoms with Gasteiger partial charge in [-0.1, -0.05) is 30.3 Å². The first-order chi connectivity index (χ1) is 11.6. The SMILES string of the molecule is O=C(O)c1ccc(F)cc1-c1ccc(OCc2ccccc2)nc1. The Kier molecular flexibility index (Phi) is 4.52. The van der Waals surface area contributed by atoms with E-state index in [-0.39, 0.29) is 11.1 Å². The lowest BCUT2D eigenvalue weighted by atomic mass is 10.0. The topological polar surface area (TPSA) is 59.4 Å². The van der Waals surface area contributed by atoms with Crippen LogP contribution in [-0.2, 0) is 6.61 Å². The fourth-order valence-electron chi connectivity index (χ4n) is 2.30. The Morgan fingerprint density at radius 1 is 1.08 bits per heavy atom. The molecule has 0 atom stereocenters. The molecule has 1 N–H and O–H groups in total. The molecule has 0 spiro atoms. The number of ether oxygens (including phenoxy) is 1. The molecule has 120 valence electrons. The Morgan fingerprint density at radius 3 is 2.54 bits per heavy atom. The van der Waals surface area contributed by atoms with Crippen molar-refractivity contribution in [2.45, 2.75) is 6.61 Å². The molecule has 0 fully saturated rings. The average Bonchev–Trinajstić information content (AvgIpc) is 2.61. The molecule has 0 saturated carbocycles. The summed E-state index contributed by atoms with van der Waals surface area (Å²) in [6.45, 7) is 0.382. The van der Waals surface area contributed by atoms with E-state index in [1.807, 2.05) is 30.3 Å². The smallest absolute Gasteiger partial charge is 0.336 e. The lowest BCUT2D eigenvalue weighted by Gasteiger charge is -2.08. The zero-order chi connectivity index (χ0) is 16.9. The van der Waals surface area contributed by atoms with Gasteiger partial charge in [-0.3, -0.25) is 0 Å². The Hall–Kier alpha value is -3.21. The summed E-state index contributed by atoms with van der Waals surface area (Å²) in [6, 6.07) is 16.5. The molecule has 0 bridgehead atoms. The van der Waals surface area contributed by atoms with Crippen molar-refractivity contribution in [2.75, 3.05) is 0 Å². The van der Waals surface area contributed by atoms with E-state index in [9.17, 15) is 14.3 Å². The van der Waals surface area contributed by atoms with E-state index in [1.54, 1.807) is 12.1 Å². The first kappa shape index (κ1) is 15.7. The van der Waals surface area contributed by atoms with Gasteiger partial charge in [-0.25, -0.2) is 14.2 Å². The largest absolute Gasteiger partial charge is 0.478 e. The second kappa shape index (κ2) is 6.91. The number of carboxylic acids is 1. The van der Waals surface area contributed by atoms with Gasteiger partial charge in [0.05, 0.1) is 5.56 Å². The molecular weight excluding hydrogens is 309 g/mol.